The van der Waals surface area contributed by atoms with Gasteiger partial charge < -0.3 is 19.3 Å². The Morgan fingerprint density at radius 3 is 1.66 bits per heavy atom. The van der Waals surface area contributed by atoms with Crippen molar-refractivity contribution in [3.63, 3.8) is 0 Å². The van der Waals surface area contributed by atoms with Gasteiger partial charge in [0.15, 0.2) is 0 Å². The van der Waals surface area contributed by atoms with Gasteiger partial charge in [0.1, 0.15) is 17.2 Å². The molecule has 0 radical (unpaired) electrons. The number of para-hydroxylation sites is 1. The third kappa shape index (κ3) is 4.93. The van der Waals surface area contributed by atoms with E-state index in [1.54, 1.807) is 48.5 Å². The van der Waals surface area contributed by atoms with Gasteiger partial charge >= 0.3 is 0 Å². The Morgan fingerprint density at radius 2 is 1.16 bits per heavy atom. The number of ether oxygens (including phenoxy) is 2. The lowest BCUT2D eigenvalue weighted by Crippen LogP contribution is -2.73. The molecule has 4 aromatic rings. The van der Waals surface area contributed by atoms with Gasteiger partial charge in [-0.2, -0.15) is 0 Å². The highest BCUT2D eigenvalue weighted by Crippen LogP contribution is 2.41. The zero-order chi connectivity index (χ0) is 26.1. The second-order valence-corrected chi connectivity index (χ2v) is 10.1. The molecular weight excluding hydrogens is 502 g/mol. The number of carbonyl (C=O) groups is 2. The van der Waals surface area contributed by atoms with Crippen LogP contribution in [-0.2, 0) is 0 Å². The van der Waals surface area contributed by atoms with E-state index in [0.29, 0.717) is 59.7 Å². The standard InChI is InChI=1S/C30H24ClN3O4/c31-23-10-15-27(32-16-23)38-26-13-8-22(9-14-26)29(36)34-19-30(20-34)17-33(18-30)28(35)21-6-11-25(12-7-21)37-24-4-2-1-3-5-24/h1-16H,17-20H2. The molecule has 2 saturated heterocycles. The van der Waals surface area contributed by atoms with Crippen LogP contribution >= 0.6 is 11.6 Å². The quantitative estimate of drug-likeness (QED) is 0.312. The maximum absolute atomic E-state index is 12.9. The van der Waals surface area contributed by atoms with Crippen molar-refractivity contribution in [2.24, 2.45) is 5.41 Å². The number of halogens is 1. The van der Waals surface area contributed by atoms with Crippen molar-refractivity contribution in [3.05, 3.63) is 113 Å². The predicted octanol–water partition coefficient (Wildman–Crippen LogP) is 5.92. The molecule has 0 unspecified atom stereocenters. The van der Waals surface area contributed by atoms with E-state index in [1.807, 2.05) is 52.3 Å². The van der Waals surface area contributed by atoms with E-state index in [0.717, 1.165) is 5.75 Å². The molecule has 0 atom stereocenters. The molecule has 1 spiro atoms. The minimum atomic E-state index is -0.0226. The summed E-state index contributed by atoms with van der Waals surface area (Å²) in [6.45, 7) is 2.59. The van der Waals surface area contributed by atoms with E-state index in [9.17, 15) is 9.59 Å². The first-order valence-corrected chi connectivity index (χ1v) is 12.7. The highest BCUT2D eigenvalue weighted by atomic mass is 35.5. The van der Waals surface area contributed by atoms with Gasteiger partial charge in [-0.1, -0.05) is 29.8 Å². The Kier molecular flexibility index (Phi) is 6.21. The number of aromatic nitrogens is 1. The number of carbonyl (C=O) groups excluding carboxylic acids is 2. The minimum Gasteiger partial charge on any atom is -0.457 e. The zero-order valence-corrected chi connectivity index (χ0v) is 21.2. The topological polar surface area (TPSA) is 72.0 Å². The van der Waals surface area contributed by atoms with Gasteiger partial charge in [0.2, 0.25) is 5.88 Å². The lowest BCUT2D eigenvalue weighted by atomic mass is 9.72. The van der Waals surface area contributed by atoms with Crippen molar-refractivity contribution in [1.29, 1.82) is 0 Å². The van der Waals surface area contributed by atoms with Crippen molar-refractivity contribution < 1.29 is 19.1 Å². The van der Waals surface area contributed by atoms with E-state index >= 15 is 0 Å². The fourth-order valence-electron chi connectivity index (χ4n) is 4.88. The van der Waals surface area contributed by atoms with E-state index in [1.165, 1.54) is 6.20 Å². The third-order valence-corrected chi connectivity index (χ3v) is 7.01. The second-order valence-electron chi connectivity index (χ2n) is 9.70. The molecule has 2 aliphatic rings. The summed E-state index contributed by atoms with van der Waals surface area (Å²) in [7, 11) is 0. The zero-order valence-electron chi connectivity index (χ0n) is 20.4. The van der Waals surface area contributed by atoms with E-state index in [4.69, 9.17) is 21.1 Å². The molecule has 7 nitrogen and oxygen atoms in total. The average Bonchev–Trinajstić information content (AvgIpc) is 2.90. The fraction of sp³-hybridized carbons (Fsp3) is 0.167. The highest BCUT2D eigenvalue weighted by Gasteiger charge is 2.54. The number of rotatable bonds is 6. The number of pyridine rings is 1. The molecule has 0 aliphatic carbocycles. The Hall–Kier alpha value is -4.36. The van der Waals surface area contributed by atoms with Gasteiger partial charge in [0, 0.05) is 55.0 Å². The molecule has 6 rings (SSSR count). The molecule has 38 heavy (non-hydrogen) atoms. The molecule has 8 heteroatoms. The lowest BCUT2D eigenvalue weighted by molar-refractivity contribution is -0.0822. The second kappa shape index (κ2) is 9.84. The largest absolute Gasteiger partial charge is 0.457 e. The van der Waals surface area contributed by atoms with Crippen LogP contribution in [-0.4, -0.2) is 52.8 Å². The van der Waals surface area contributed by atoms with Gasteiger partial charge in [0.25, 0.3) is 11.8 Å². The molecule has 190 valence electrons. The van der Waals surface area contributed by atoms with Crippen LogP contribution in [0.25, 0.3) is 0 Å². The number of hydrogen-bond acceptors (Lipinski definition) is 5. The number of likely N-dealkylation sites (tertiary alicyclic amines) is 2. The summed E-state index contributed by atoms with van der Waals surface area (Å²) in [5, 5.41) is 0.535. The van der Waals surface area contributed by atoms with E-state index in [2.05, 4.69) is 4.98 Å². The summed E-state index contributed by atoms with van der Waals surface area (Å²) < 4.78 is 11.5. The van der Waals surface area contributed by atoms with E-state index in [-0.39, 0.29) is 17.2 Å². The van der Waals surface area contributed by atoms with Crippen LogP contribution in [0.3, 0.4) is 0 Å². The van der Waals surface area contributed by atoms with Crippen LogP contribution in [0.2, 0.25) is 5.02 Å². The van der Waals surface area contributed by atoms with Gasteiger partial charge in [-0.15, -0.1) is 0 Å². The Labute approximate surface area is 225 Å². The summed E-state index contributed by atoms with van der Waals surface area (Å²) in [5.74, 6) is 2.42. The molecule has 0 bridgehead atoms. The summed E-state index contributed by atoms with van der Waals surface area (Å²) in [6, 6.07) is 27.1. The molecule has 2 aliphatic heterocycles. The molecule has 0 N–H and O–H groups in total. The maximum atomic E-state index is 12.9. The summed E-state index contributed by atoms with van der Waals surface area (Å²) in [5.41, 5.74) is 1.22. The number of benzene rings is 3. The first-order valence-electron chi connectivity index (χ1n) is 12.3. The summed E-state index contributed by atoms with van der Waals surface area (Å²) in [4.78, 5) is 33.6. The number of amides is 2. The fourth-order valence-corrected chi connectivity index (χ4v) is 4.99. The van der Waals surface area contributed by atoms with Crippen molar-refractivity contribution in [3.8, 4) is 23.1 Å². The van der Waals surface area contributed by atoms with Gasteiger partial charge in [-0.05, 0) is 66.7 Å². The van der Waals surface area contributed by atoms with Gasteiger partial charge in [-0.25, -0.2) is 4.98 Å². The van der Waals surface area contributed by atoms with Crippen molar-refractivity contribution in [2.45, 2.75) is 0 Å². The van der Waals surface area contributed by atoms with Crippen molar-refractivity contribution in [2.75, 3.05) is 26.2 Å². The van der Waals surface area contributed by atoms with Crippen LogP contribution < -0.4 is 9.47 Å². The van der Waals surface area contributed by atoms with E-state index < -0.39 is 0 Å². The molecular formula is C30H24ClN3O4. The average molecular weight is 526 g/mol. The Morgan fingerprint density at radius 1 is 0.658 bits per heavy atom. The molecule has 0 saturated carbocycles. The first-order chi connectivity index (χ1) is 18.5. The van der Waals surface area contributed by atoms with Gasteiger partial charge in [-0.3, -0.25) is 9.59 Å². The molecule has 2 fully saturated rings. The SMILES string of the molecule is O=C(c1ccc(Oc2ccccc2)cc1)N1CC2(C1)CN(C(=O)c1ccc(Oc3ccc(Cl)cn3)cc1)C2. The summed E-state index contributed by atoms with van der Waals surface area (Å²) in [6.07, 6.45) is 1.52. The van der Waals surface area contributed by atoms with Crippen LogP contribution in [0.5, 0.6) is 23.1 Å². The smallest absolute Gasteiger partial charge is 0.253 e. The van der Waals surface area contributed by atoms with Crippen LogP contribution in [0.4, 0.5) is 0 Å². The molecule has 1 aromatic heterocycles. The van der Waals surface area contributed by atoms with Crippen LogP contribution in [0, 0.1) is 5.41 Å². The van der Waals surface area contributed by atoms with Crippen LogP contribution in [0.1, 0.15) is 20.7 Å². The Bertz CT molecular complexity index is 1440. The van der Waals surface area contributed by atoms with Crippen molar-refractivity contribution in [1.82, 2.24) is 14.8 Å². The monoisotopic (exact) mass is 525 g/mol. The third-order valence-electron chi connectivity index (χ3n) is 6.78. The minimum absolute atomic E-state index is 0.00238. The molecule has 3 heterocycles. The normalized spacial score (nSPS) is 15.4. The molecule has 2 amide bonds. The molecule has 3 aromatic carbocycles. The van der Waals surface area contributed by atoms with Crippen LogP contribution in [0.15, 0.2) is 97.2 Å². The Balaban J connectivity index is 0.986. The first kappa shape index (κ1) is 24.0. The lowest BCUT2D eigenvalue weighted by Gasteiger charge is -2.60. The summed E-state index contributed by atoms with van der Waals surface area (Å²) >= 11 is 5.85. The number of nitrogens with zero attached hydrogens (tertiary/aromatic N) is 3. The van der Waals surface area contributed by atoms with Gasteiger partial charge in [0.05, 0.1) is 5.02 Å². The highest BCUT2D eigenvalue weighted by molar-refractivity contribution is 6.30. The number of hydrogen-bond donors (Lipinski definition) is 0. The maximum Gasteiger partial charge on any atom is 0.253 e. The van der Waals surface area contributed by atoms with Crippen molar-refractivity contribution >= 4 is 23.4 Å². The predicted molar refractivity (Wildman–Crippen MR) is 143 cm³/mol.